The number of hydrogen-bond donors (Lipinski definition) is 2. The van der Waals surface area contributed by atoms with Crippen LogP contribution in [0.4, 0.5) is 11.4 Å². The zero-order valence-corrected chi connectivity index (χ0v) is 17.2. The summed E-state index contributed by atoms with van der Waals surface area (Å²) in [6, 6.07) is 10.3. The van der Waals surface area contributed by atoms with Crippen LogP contribution in [0.3, 0.4) is 0 Å². The van der Waals surface area contributed by atoms with E-state index >= 15 is 0 Å². The lowest BCUT2D eigenvalue weighted by atomic mass is 10.2. The van der Waals surface area contributed by atoms with Crippen LogP contribution >= 0.6 is 15.9 Å². The van der Waals surface area contributed by atoms with Crippen molar-refractivity contribution in [3.63, 3.8) is 0 Å². The number of halogens is 1. The summed E-state index contributed by atoms with van der Waals surface area (Å²) >= 11 is 3.34. The monoisotopic (exact) mass is 434 g/mol. The molecule has 2 amide bonds. The van der Waals surface area contributed by atoms with Gasteiger partial charge in [0.05, 0.1) is 25.6 Å². The van der Waals surface area contributed by atoms with Crippen LogP contribution in [-0.4, -0.2) is 26.0 Å². The molecular weight excluding hydrogens is 412 g/mol. The van der Waals surface area contributed by atoms with Gasteiger partial charge in [-0.3, -0.25) is 9.59 Å². The Morgan fingerprint density at radius 3 is 2.04 bits per heavy atom. The van der Waals surface area contributed by atoms with Crippen LogP contribution in [0.5, 0.6) is 11.5 Å². The summed E-state index contributed by atoms with van der Waals surface area (Å²) in [5.74, 6) is 0.491. The molecule has 2 aromatic rings. The molecule has 0 aliphatic rings. The van der Waals surface area contributed by atoms with Crippen molar-refractivity contribution < 1.29 is 19.1 Å². The topological polar surface area (TPSA) is 76.7 Å². The molecule has 6 nitrogen and oxygen atoms in total. The van der Waals surface area contributed by atoms with E-state index in [4.69, 9.17) is 9.47 Å². The summed E-state index contributed by atoms with van der Waals surface area (Å²) in [5, 5.41) is 5.64. The highest BCUT2D eigenvalue weighted by Gasteiger charge is 2.16. The van der Waals surface area contributed by atoms with Crippen molar-refractivity contribution in [3.8, 4) is 11.5 Å². The normalized spacial score (nSPS) is 10.2. The Balaban J connectivity index is 2.24. The average Bonchev–Trinajstić information content (AvgIpc) is 2.67. The minimum Gasteiger partial charge on any atom is -0.494 e. The van der Waals surface area contributed by atoms with Crippen LogP contribution in [0.2, 0.25) is 0 Å². The summed E-state index contributed by atoms with van der Waals surface area (Å²) in [6.45, 7) is 2.03. The van der Waals surface area contributed by atoms with Crippen LogP contribution in [0.15, 0.2) is 40.9 Å². The second-order valence-electron chi connectivity index (χ2n) is 5.87. The lowest BCUT2D eigenvalue weighted by Gasteiger charge is -2.16. The summed E-state index contributed by atoms with van der Waals surface area (Å²) in [4.78, 5) is 24.5. The number of carbonyl (C=O) groups is 2. The van der Waals surface area contributed by atoms with Crippen molar-refractivity contribution in [2.24, 2.45) is 0 Å². The molecule has 0 saturated carbocycles. The predicted octanol–water partition coefficient (Wildman–Crippen LogP) is 4.85. The van der Waals surface area contributed by atoms with Crippen molar-refractivity contribution in [1.82, 2.24) is 0 Å². The standard InChI is InChI=1S/C20H23BrN2O4/c1-4-5-6-19(24)22-15-11-18(27-3)16(12-17(15)26-2)23-20(25)13-7-9-14(21)10-8-13/h7-12H,4-6H2,1-3H3,(H,22,24)(H,23,25). The van der Waals surface area contributed by atoms with Crippen LogP contribution in [0.25, 0.3) is 0 Å². The fourth-order valence-electron chi connectivity index (χ4n) is 2.44. The van der Waals surface area contributed by atoms with E-state index in [9.17, 15) is 9.59 Å². The third kappa shape index (κ3) is 5.72. The summed E-state index contributed by atoms with van der Waals surface area (Å²) in [6.07, 6.45) is 2.19. The molecule has 2 rings (SSSR count). The number of nitrogens with one attached hydrogen (secondary N) is 2. The molecule has 0 fully saturated rings. The molecular formula is C20H23BrN2O4. The molecule has 2 aromatic carbocycles. The largest absolute Gasteiger partial charge is 0.494 e. The number of carbonyl (C=O) groups excluding carboxylic acids is 2. The van der Waals surface area contributed by atoms with Gasteiger partial charge in [0.2, 0.25) is 5.91 Å². The fraction of sp³-hybridized carbons (Fsp3) is 0.300. The first-order chi connectivity index (χ1) is 13.0. The van der Waals surface area contributed by atoms with E-state index in [2.05, 4.69) is 26.6 Å². The first-order valence-electron chi connectivity index (χ1n) is 8.61. The molecule has 0 aliphatic carbocycles. The van der Waals surface area contributed by atoms with Crippen molar-refractivity contribution in [1.29, 1.82) is 0 Å². The predicted molar refractivity (Wildman–Crippen MR) is 110 cm³/mol. The number of amides is 2. The molecule has 0 bridgehead atoms. The molecule has 2 N–H and O–H groups in total. The van der Waals surface area contributed by atoms with E-state index < -0.39 is 0 Å². The van der Waals surface area contributed by atoms with Gasteiger partial charge in [-0.05, 0) is 30.7 Å². The smallest absolute Gasteiger partial charge is 0.255 e. The van der Waals surface area contributed by atoms with Gasteiger partial charge in [-0.25, -0.2) is 0 Å². The zero-order valence-electron chi connectivity index (χ0n) is 15.6. The molecule has 27 heavy (non-hydrogen) atoms. The van der Waals surface area contributed by atoms with Crippen LogP contribution < -0.4 is 20.1 Å². The molecule has 7 heteroatoms. The van der Waals surface area contributed by atoms with Crippen molar-refractivity contribution in [2.45, 2.75) is 26.2 Å². The molecule has 0 atom stereocenters. The van der Waals surface area contributed by atoms with Gasteiger partial charge in [-0.15, -0.1) is 0 Å². The maximum atomic E-state index is 12.5. The molecule has 0 saturated heterocycles. The Labute approximate surface area is 167 Å². The van der Waals surface area contributed by atoms with Gasteiger partial charge in [-0.1, -0.05) is 29.3 Å². The van der Waals surface area contributed by atoms with E-state index in [0.29, 0.717) is 34.9 Å². The number of methoxy groups -OCH3 is 2. The van der Waals surface area contributed by atoms with E-state index in [-0.39, 0.29) is 11.8 Å². The molecule has 0 radical (unpaired) electrons. The zero-order chi connectivity index (χ0) is 19.8. The van der Waals surface area contributed by atoms with Crippen molar-refractivity contribution >= 4 is 39.1 Å². The minimum absolute atomic E-state index is 0.0937. The molecule has 0 heterocycles. The highest BCUT2D eigenvalue weighted by molar-refractivity contribution is 9.10. The van der Waals surface area contributed by atoms with E-state index in [1.807, 2.05) is 6.92 Å². The number of hydrogen-bond acceptors (Lipinski definition) is 4. The van der Waals surface area contributed by atoms with Gasteiger partial charge >= 0.3 is 0 Å². The van der Waals surface area contributed by atoms with Gasteiger partial charge in [-0.2, -0.15) is 0 Å². The van der Waals surface area contributed by atoms with Crippen LogP contribution in [0, 0.1) is 0 Å². The number of rotatable bonds is 8. The second kappa shape index (κ2) is 9.97. The Bertz CT molecular complexity index is 806. The van der Waals surface area contributed by atoms with Crippen LogP contribution in [0.1, 0.15) is 36.5 Å². The number of ether oxygens (including phenoxy) is 2. The van der Waals surface area contributed by atoms with E-state index in [1.54, 1.807) is 36.4 Å². The van der Waals surface area contributed by atoms with Gasteiger partial charge in [0.1, 0.15) is 11.5 Å². The van der Waals surface area contributed by atoms with Crippen molar-refractivity contribution in [3.05, 3.63) is 46.4 Å². The quantitative estimate of drug-likeness (QED) is 0.622. The Morgan fingerprint density at radius 2 is 1.52 bits per heavy atom. The third-order valence-corrected chi connectivity index (χ3v) is 4.44. The SMILES string of the molecule is CCCCC(=O)Nc1cc(OC)c(NC(=O)c2ccc(Br)cc2)cc1OC. The van der Waals surface area contributed by atoms with Crippen LogP contribution in [-0.2, 0) is 4.79 Å². The van der Waals surface area contributed by atoms with E-state index in [1.165, 1.54) is 14.2 Å². The molecule has 0 unspecified atom stereocenters. The molecule has 0 spiro atoms. The van der Waals surface area contributed by atoms with Crippen molar-refractivity contribution in [2.75, 3.05) is 24.9 Å². The first kappa shape index (κ1) is 20.8. The molecule has 0 aliphatic heterocycles. The minimum atomic E-state index is -0.275. The Kier molecular flexibility index (Phi) is 7.67. The first-order valence-corrected chi connectivity index (χ1v) is 9.40. The number of anilines is 2. The van der Waals surface area contributed by atoms with Gasteiger partial charge < -0.3 is 20.1 Å². The second-order valence-corrected chi connectivity index (χ2v) is 6.78. The summed E-state index contributed by atoms with van der Waals surface area (Å²) in [7, 11) is 3.00. The summed E-state index contributed by atoms with van der Waals surface area (Å²) in [5.41, 5.74) is 1.46. The van der Waals surface area contributed by atoms with Gasteiger partial charge in [0.25, 0.3) is 5.91 Å². The lowest BCUT2D eigenvalue weighted by Crippen LogP contribution is -2.14. The average molecular weight is 435 g/mol. The number of unbranched alkanes of at least 4 members (excludes halogenated alkanes) is 1. The Hall–Kier alpha value is -2.54. The summed E-state index contributed by atoms with van der Waals surface area (Å²) < 4.78 is 11.6. The Morgan fingerprint density at radius 1 is 0.963 bits per heavy atom. The third-order valence-electron chi connectivity index (χ3n) is 3.91. The maximum absolute atomic E-state index is 12.5. The highest BCUT2D eigenvalue weighted by atomic mass is 79.9. The lowest BCUT2D eigenvalue weighted by molar-refractivity contribution is -0.116. The van der Waals surface area contributed by atoms with Gasteiger partial charge in [0.15, 0.2) is 0 Å². The van der Waals surface area contributed by atoms with Gasteiger partial charge in [0, 0.05) is 28.6 Å². The fourth-order valence-corrected chi connectivity index (χ4v) is 2.70. The van der Waals surface area contributed by atoms with E-state index in [0.717, 1.165) is 17.3 Å². The molecule has 144 valence electrons. The molecule has 0 aromatic heterocycles. The number of benzene rings is 2. The highest BCUT2D eigenvalue weighted by Crippen LogP contribution is 2.36. The maximum Gasteiger partial charge on any atom is 0.255 e.